The molecule has 0 amide bonds. The lowest BCUT2D eigenvalue weighted by Crippen LogP contribution is -1.50. The van der Waals surface area contributed by atoms with Gasteiger partial charge in [-0.15, -0.1) is 0 Å². The highest BCUT2D eigenvalue weighted by Crippen LogP contribution is 1.55. The average molecular weight is 102 g/mol. The van der Waals surface area contributed by atoms with E-state index < -0.39 is 0 Å². The summed E-state index contributed by atoms with van der Waals surface area (Å²) in [4.78, 5) is 9.32. The van der Waals surface area contributed by atoms with Crippen LogP contribution in [0.3, 0.4) is 0 Å². The van der Waals surface area contributed by atoms with Gasteiger partial charge in [-0.3, -0.25) is 4.79 Å². The van der Waals surface area contributed by atoms with E-state index >= 15 is 0 Å². The van der Waals surface area contributed by atoms with Crippen molar-refractivity contribution in [3.63, 3.8) is 0 Å². The average Bonchev–Trinajstić information content (AvgIpc) is 1.75. The van der Waals surface area contributed by atoms with E-state index in [0.29, 0.717) is 0 Å². The van der Waals surface area contributed by atoms with Gasteiger partial charge in [0.05, 0.1) is 0 Å². The first-order chi connectivity index (χ1) is 3.41. The molecule has 0 heterocycles. The molecule has 2 heteroatoms. The molecular weight excluding hydrogens is 92.1 g/mol. The van der Waals surface area contributed by atoms with Crippen molar-refractivity contribution >= 4 is 6.29 Å². The molecule has 7 heavy (non-hydrogen) atoms. The Bertz CT molecular complexity index is 48.0. The van der Waals surface area contributed by atoms with Crippen molar-refractivity contribution in [1.82, 2.24) is 0 Å². The summed E-state index contributed by atoms with van der Waals surface area (Å²) in [5.74, 6) is 0. The van der Waals surface area contributed by atoms with Gasteiger partial charge in [-0.2, -0.15) is 0 Å². The molecule has 0 unspecified atom stereocenters. The monoisotopic (exact) mass is 102 g/mol. The molecule has 0 aromatic rings. The molecular formula is C5H10O2. The van der Waals surface area contributed by atoms with Crippen molar-refractivity contribution in [3.8, 4) is 0 Å². The van der Waals surface area contributed by atoms with Crippen molar-refractivity contribution < 1.29 is 9.90 Å². The van der Waals surface area contributed by atoms with Gasteiger partial charge >= 0.3 is 0 Å². The van der Waals surface area contributed by atoms with Gasteiger partial charge in [-0.1, -0.05) is 6.08 Å². The molecule has 0 spiro atoms. The number of allylic oxidation sites excluding steroid dienone is 2. The molecule has 0 saturated heterocycles. The van der Waals surface area contributed by atoms with Gasteiger partial charge in [0.25, 0.3) is 0 Å². The van der Waals surface area contributed by atoms with Crippen LogP contribution in [-0.2, 0) is 4.79 Å². The molecule has 0 aliphatic carbocycles. The molecule has 0 bridgehead atoms. The number of hydrogen-bond acceptors (Lipinski definition) is 2. The Labute approximate surface area is 43.5 Å². The predicted octanol–water partition coefficient (Wildman–Crippen LogP) is 0.370. The molecule has 0 rings (SSSR count). The molecule has 1 N–H and O–H groups in total. The van der Waals surface area contributed by atoms with Gasteiger partial charge in [-0.25, -0.2) is 0 Å². The maximum Gasteiger partial charge on any atom is 0.142 e. The molecule has 0 aliphatic rings. The molecule has 0 aromatic heterocycles. The van der Waals surface area contributed by atoms with Gasteiger partial charge in [0, 0.05) is 7.11 Å². The van der Waals surface area contributed by atoms with Crippen LogP contribution in [0.25, 0.3) is 0 Å². The molecule has 0 saturated carbocycles. The summed E-state index contributed by atoms with van der Waals surface area (Å²) in [6, 6.07) is 0. The quantitative estimate of drug-likeness (QED) is 0.383. The van der Waals surface area contributed by atoms with Gasteiger partial charge in [-0.05, 0) is 13.0 Å². The molecule has 0 radical (unpaired) electrons. The number of hydrogen-bond donors (Lipinski definition) is 1. The second-order valence-corrected chi connectivity index (χ2v) is 0.662. The minimum atomic E-state index is 0.750. The fourth-order valence-electron chi connectivity index (χ4n) is 0.0786. The summed E-state index contributed by atoms with van der Waals surface area (Å²) in [7, 11) is 1.00. The van der Waals surface area contributed by atoms with E-state index in [1.54, 1.807) is 13.0 Å². The summed E-state index contributed by atoms with van der Waals surface area (Å²) in [6.45, 7) is 1.80. The van der Waals surface area contributed by atoms with E-state index in [9.17, 15) is 4.79 Å². The Morgan fingerprint density at radius 2 is 1.86 bits per heavy atom. The van der Waals surface area contributed by atoms with Crippen LogP contribution in [0.15, 0.2) is 12.2 Å². The minimum Gasteiger partial charge on any atom is -0.400 e. The number of aliphatic hydroxyl groups is 1. The predicted molar refractivity (Wildman–Crippen MR) is 29.0 cm³/mol. The van der Waals surface area contributed by atoms with E-state index in [-0.39, 0.29) is 0 Å². The largest absolute Gasteiger partial charge is 0.400 e. The Balaban J connectivity index is 0. The van der Waals surface area contributed by atoms with Crippen LogP contribution < -0.4 is 0 Å². The van der Waals surface area contributed by atoms with Crippen LogP contribution in [0.4, 0.5) is 0 Å². The zero-order chi connectivity index (χ0) is 6.12. The molecule has 0 aliphatic heterocycles. The van der Waals surface area contributed by atoms with E-state index in [1.165, 1.54) is 6.08 Å². The van der Waals surface area contributed by atoms with Crippen molar-refractivity contribution in [3.05, 3.63) is 12.2 Å². The summed E-state index contributed by atoms with van der Waals surface area (Å²) in [5.41, 5.74) is 0. The van der Waals surface area contributed by atoms with Crippen molar-refractivity contribution in [2.45, 2.75) is 6.92 Å². The second-order valence-electron chi connectivity index (χ2n) is 0.662. The Morgan fingerprint density at radius 1 is 1.43 bits per heavy atom. The fourth-order valence-corrected chi connectivity index (χ4v) is 0.0786. The van der Waals surface area contributed by atoms with E-state index in [4.69, 9.17) is 5.11 Å². The van der Waals surface area contributed by atoms with Crippen LogP contribution in [0, 0.1) is 0 Å². The third-order valence-corrected chi connectivity index (χ3v) is 0.271. The SMILES string of the molecule is C/C=C/C=O.CO. The highest BCUT2D eigenvalue weighted by molar-refractivity contribution is 5.64. The standard InChI is InChI=1S/C4H6O.CH4O/c1-2-3-4-5;1-2/h2-4H,1H3;2H,1H3/b3-2+;. The maximum atomic E-state index is 9.32. The number of rotatable bonds is 1. The molecule has 0 fully saturated rings. The van der Waals surface area contributed by atoms with Crippen LogP contribution in [0.2, 0.25) is 0 Å². The lowest BCUT2D eigenvalue weighted by Gasteiger charge is -1.51. The number of aliphatic hydroxyl groups excluding tert-OH is 1. The Morgan fingerprint density at radius 3 is 1.86 bits per heavy atom. The zero-order valence-electron chi connectivity index (χ0n) is 4.59. The summed E-state index contributed by atoms with van der Waals surface area (Å²) < 4.78 is 0. The van der Waals surface area contributed by atoms with E-state index in [0.717, 1.165) is 13.4 Å². The first-order valence-corrected chi connectivity index (χ1v) is 1.93. The first-order valence-electron chi connectivity index (χ1n) is 1.93. The summed E-state index contributed by atoms with van der Waals surface area (Å²) in [5, 5.41) is 7.00. The number of carbonyl (C=O) groups excluding carboxylic acids is 1. The molecule has 0 atom stereocenters. The van der Waals surface area contributed by atoms with E-state index in [1.807, 2.05) is 0 Å². The number of carbonyl (C=O) groups is 1. The first kappa shape index (κ1) is 9.62. The van der Waals surface area contributed by atoms with Crippen molar-refractivity contribution in [1.29, 1.82) is 0 Å². The normalized spacial score (nSPS) is 7.29. The lowest BCUT2D eigenvalue weighted by atomic mass is 10.6. The fraction of sp³-hybridized carbons (Fsp3) is 0.400. The van der Waals surface area contributed by atoms with Crippen molar-refractivity contribution in [2.75, 3.05) is 7.11 Å². The Hall–Kier alpha value is -0.630. The minimum absolute atomic E-state index is 0.750. The second kappa shape index (κ2) is 18.3. The van der Waals surface area contributed by atoms with Crippen LogP contribution >= 0.6 is 0 Å². The maximum absolute atomic E-state index is 9.32. The van der Waals surface area contributed by atoms with Crippen LogP contribution in [0.1, 0.15) is 6.92 Å². The Kier molecular flexibility index (Phi) is 25.1. The topological polar surface area (TPSA) is 37.3 Å². The zero-order valence-corrected chi connectivity index (χ0v) is 4.59. The molecule has 0 aromatic carbocycles. The highest BCUT2D eigenvalue weighted by Gasteiger charge is 1.48. The van der Waals surface area contributed by atoms with Gasteiger partial charge in [0.1, 0.15) is 6.29 Å². The summed E-state index contributed by atoms with van der Waals surface area (Å²) in [6.07, 6.45) is 3.88. The molecule has 2 nitrogen and oxygen atoms in total. The van der Waals surface area contributed by atoms with Crippen molar-refractivity contribution in [2.24, 2.45) is 0 Å². The number of aldehydes is 1. The highest BCUT2D eigenvalue weighted by atomic mass is 16.2. The van der Waals surface area contributed by atoms with Gasteiger partial charge in [0.2, 0.25) is 0 Å². The summed E-state index contributed by atoms with van der Waals surface area (Å²) >= 11 is 0. The molecule has 42 valence electrons. The van der Waals surface area contributed by atoms with Crippen LogP contribution in [-0.4, -0.2) is 18.5 Å². The van der Waals surface area contributed by atoms with Gasteiger partial charge in [0.15, 0.2) is 0 Å². The van der Waals surface area contributed by atoms with Crippen LogP contribution in [0.5, 0.6) is 0 Å². The third-order valence-electron chi connectivity index (χ3n) is 0.271. The van der Waals surface area contributed by atoms with Gasteiger partial charge < -0.3 is 5.11 Å². The van der Waals surface area contributed by atoms with E-state index in [2.05, 4.69) is 0 Å². The smallest absolute Gasteiger partial charge is 0.142 e. The lowest BCUT2D eigenvalue weighted by molar-refractivity contribution is -0.104. The third kappa shape index (κ3) is 32.5.